The largest absolute Gasteiger partial charge is 0.673 e. The summed E-state index contributed by atoms with van der Waals surface area (Å²) >= 11 is 0. The van der Waals surface area contributed by atoms with E-state index in [1.165, 1.54) is 89.8 Å². The number of allylic oxidation sites excluding steroid dienone is 2. The number of amides is 10. The number of nitrogens with two attached hydrogens (primary N) is 1. The van der Waals surface area contributed by atoms with E-state index in [-0.39, 0.29) is 61.2 Å². The van der Waals surface area contributed by atoms with Gasteiger partial charge in [0.05, 0.1) is 14.2 Å². The minimum absolute atomic E-state index is 0.0634. The summed E-state index contributed by atoms with van der Waals surface area (Å²) in [6, 6.07) is -11.2. The number of methoxy groups -OCH3 is 1. The first-order valence-corrected chi connectivity index (χ1v) is 32.9. The van der Waals surface area contributed by atoms with Gasteiger partial charge < -0.3 is 82.7 Å². The molecule has 10 amide bonds. The molecule has 0 bridgehead atoms. The maximum Gasteiger partial charge on any atom is 0.673 e. The zero-order valence-corrected chi connectivity index (χ0v) is 61.6. The smallest absolute Gasteiger partial charge is 0.468 e. The van der Waals surface area contributed by atoms with Crippen LogP contribution in [0.1, 0.15) is 163 Å². The highest BCUT2D eigenvalue weighted by molar-refractivity contribution is 6.50. The van der Waals surface area contributed by atoms with Crippen LogP contribution in [0.4, 0.5) is 17.3 Å². The van der Waals surface area contributed by atoms with E-state index in [9.17, 15) is 60.4 Å². The topological polar surface area (TPSA) is 307 Å². The number of likely N-dealkylation sites (N-methyl/N-ethyl adjacent to an activating group) is 7. The maximum absolute atomic E-state index is 15.2. The number of nitrogens with one attached hydrogen (secondary N) is 4. The molecule has 0 spiro atoms. The molecule has 0 aliphatic heterocycles. The molecular formula is C65H118BF4N11O14. The molecule has 0 aliphatic carbocycles. The second-order valence-electron chi connectivity index (χ2n) is 27.2. The van der Waals surface area contributed by atoms with E-state index in [2.05, 4.69) is 21.3 Å². The number of halogens is 4. The molecule has 0 aliphatic rings. The Labute approximate surface area is 562 Å². The normalized spacial score (nSPS) is 15.5. The number of ether oxygens (including phenoxy) is 2. The molecule has 30 heteroatoms. The van der Waals surface area contributed by atoms with Crippen LogP contribution in [0.2, 0.25) is 0 Å². The van der Waals surface area contributed by atoms with Crippen LogP contribution in [0.25, 0.3) is 0 Å². The number of esters is 2. The minimum Gasteiger partial charge on any atom is -0.468 e. The van der Waals surface area contributed by atoms with Crippen molar-refractivity contribution in [2.75, 3.05) is 63.0 Å². The van der Waals surface area contributed by atoms with Crippen molar-refractivity contribution in [1.29, 1.82) is 0 Å². The van der Waals surface area contributed by atoms with Gasteiger partial charge in [0, 0.05) is 55.6 Å². The number of rotatable bonds is 38. The summed E-state index contributed by atoms with van der Waals surface area (Å²) < 4.78 is 49.6. The Morgan fingerprint density at radius 3 is 1.35 bits per heavy atom. The third-order valence-corrected chi connectivity index (χ3v) is 16.2. The van der Waals surface area contributed by atoms with Crippen LogP contribution >= 0.6 is 0 Å². The second-order valence-corrected chi connectivity index (χ2v) is 27.2. The summed E-state index contributed by atoms with van der Waals surface area (Å²) in [5, 5.41) is 12.9. The highest BCUT2D eigenvalue weighted by atomic mass is 19.5. The third kappa shape index (κ3) is 30.8. The molecule has 0 aromatic rings. The summed E-state index contributed by atoms with van der Waals surface area (Å²) in [5.41, 5.74) is 0. The lowest BCUT2D eigenvalue weighted by Gasteiger charge is -2.42. The summed E-state index contributed by atoms with van der Waals surface area (Å²) in [4.78, 5) is 176. The zero-order chi connectivity index (χ0) is 74.6. The summed E-state index contributed by atoms with van der Waals surface area (Å²) in [7, 11) is 5.51. The van der Waals surface area contributed by atoms with E-state index in [1.807, 2.05) is 75.3 Å². The van der Waals surface area contributed by atoms with Crippen LogP contribution in [0.15, 0.2) is 12.2 Å². The van der Waals surface area contributed by atoms with Gasteiger partial charge in [0.2, 0.25) is 53.2 Å². The summed E-state index contributed by atoms with van der Waals surface area (Å²) in [6.07, 6.45) is 3.81. The van der Waals surface area contributed by atoms with Crippen molar-refractivity contribution in [3.05, 3.63) is 12.2 Å². The summed E-state index contributed by atoms with van der Waals surface area (Å²) in [5.74, 6) is -9.27. The van der Waals surface area contributed by atoms with Gasteiger partial charge in [0.1, 0.15) is 67.0 Å². The molecule has 0 fully saturated rings. The van der Waals surface area contributed by atoms with Crippen LogP contribution in [0, 0.1) is 41.4 Å². The van der Waals surface area contributed by atoms with E-state index in [1.54, 1.807) is 53.1 Å². The fourth-order valence-electron chi connectivity index (χ4n) is 10.8. The van der Waals surface area contributed by atoms with Gasteiger partial charge in [-0.15, -0.1) is 0 Å². The third-order valence-electron chi connectivity index (χ3n) is 16.2. The fraction of sp³-hybridized carbons (Fsp3) is 0.785. The Morgan fingerprint density at radius 2 is 0.937 bits per heavy atom. The average molecular weight is 1360 g/mol. The summed E-state index contributed by atoms with van der Waals surface area (Å²) in [6.45, 7) is 31.2. The molecule has 95 heavy (non-hydrogen) atoms. The van der Waals surface area contributed by atoms with Crippen LogP contribution < -0.4 is 26.6 Å². The Bertz CT molecular complexity index is 2560. The van der Waals surface area contributed by atoms with Crippen molar-refractivity contribution in [1.82, 2.24) is 50.7 Å². The Morgan fingerprint density at radius 1 is 0.505 bits per heavy atom. The molecular weight excluding hydrogens is 1250 g/mol. The lowest BCUT2D eigenvalue weighted by molar-refractivity contribution is -0.651. The molecule has 12 atom stereocenters. The minimum atomic E-state index is -6.00. The van der Waals surface area contributed by atoms with Crippen LogP contribution in [0.3, 0.4) is 0 Å². The predicted molar refractivity (Wildman–Crippen MR) is 355 cm³/mol. The first kappa shape index (κ1) is 90.2. The van der Waals surface area contributed by atoms with E-state index >= 15 is 14.4 Å². The first-order valence-electron chi connectivity index (χ1n) is 32.9. The van der Waals surface area contributed by atoms with Crippen LogP contribution in [-0.2, 0) is 67.0 Å². The highest BCUT2D eigenvalue weighted by Gasteiger charge is 2.47. The van der Waals surface area contributed by atoms with Crippen LogP contribution in [-0.4, -0.2) is 237 Å². The lowest BCUT2D eigenvalue weighted by atomic mass is 9.91. The van der Waals surface area contributed by atoms with Gasteiger partial charge in [0.25, 0.3) is 5.91 Å². The monoisotopic (exact) mass is 1360 g/mol. The van der Waals surface area contributed by atoms with Crippen molar-refractivity contribution in [2.45, 2.75) is 230 Å². The molecule has 0 aromatic heterocycles. The molecule has 0 radical (unpaired) electrons. The average Bonchev–Trinajstić information content (AvgIpc) is 0.806. The SMILES string of the molecule is C/C=C/C[C@@H](C)[C@@H](OC(C)=O)[C@@H](C(=O)N[C@@H](CC)C(=O)N(C)CC(=O)OC)N(C)C(=O)[C@H](C(C)C)N(C)C(=O)[C@H](CC(C)C)N(C)C(=O)[C@H](CC(C)C)N(C)C(=O)[C@@H](C)NC(=O)[C@H](C)NC(=O)[C@H](CC(C)C)N(C)C(=O)[C@@H](NC(=O)[C@H](CC(C)C)[NH2+]C)C(C)C.F[B-](F)(F)F. The van der Waals surface area contributed by atoms with Gasteiger partial charge in [-0.05, 0) is 94.3 Å². The molecule has 0 rings (SSSR count). The van der Waals surface area contributed by atoms with Gasteiger partial charge in [0.15, 0.2) is 6.04 Å². The number of carbonyl (C=O) groups excluding carboxylic acids is 12. The Balaban J connectivity index is 0. The molecule has 548 valence electrons. The zero-order valence-electron chi connectivity index (χ0n) is 61.6. The molecule has 0 saturated heterocycles. The molecule has 0 unspecified atom stereocenters. The second kappa shape index (κ2) is 42.6. The molecule has 0 aromatic carbocycles. The van der Waals surface area contributed by atoms with E-state index in [4.69, 9.17) is 9.47 Å². The Hall–Kier alpha value is -6.88. The number of hydrogen-bond donors (Lipinski definition) is 5. The van der Waals surface area contributed by atoms with Gasteiger partial charge in [-0.25, -0.2) is 0 Å². The highest BCUT2D eigenvalue weighted by Crippen LogP contribution is 2.27. The van der Waals surface area contributed by atoms with Crippen molar-refractivity contribution < 1.29 is 89.6 Å². The van der Waals surface area contributed by atoms with Gasteiger partial charge in [-0.1, -0.05) is 109 Å². The maximum atomic E-state index is 15.2. The number of nitrogens with zero attached hydrogens (tertiary/aromatic N) is 6. The predicted octanol–water partition coefficient (Wildman–Crippen LogP) is 4.03. The molecule has 0 saturated carbocycles. The fourth-order valence-corrected chi connectivity index (χ4v) is 10.8. The Kier molecular flexibility index (Phi) is 40.5. The standard InChI is InChI=1S/C65H117N11O14.BF4/c1-27-29-30-42(15)55(90-45(18)77)54(59(82)69-46(28-2)61(84)71(20)35-51(78)89-26)76(25)65(88)53(41(13)14)75(24)63(86)50(34-39(9)10)74(23)62(85)49(33-38(7)8)73(22)60(83)44(17)68-56(79)43(16)67-58(81)48(32-37(5)6)72(21)64(87)52(40(11)12)70-57(80)47(66-19)31-36(3)4;2-1(3,4)5/h27,29,36-44,46-50,52-55,66H,28,30-35H2,1-26H3,(H,67,81)(H,68,79)(H,69,82)(H,70,80);/q;-1/p+1/b29-27+;/t42-,43+,44-,46+,47+,48+,49+,50+,52+,53+,54+,55-;/m1./s1. The van der Waals surface area contributed by atoms with E-state index < -0.39 is 157 Å². The molecule has 25 nitrogen and oxygen atoms in total. The van der Waals surface area contributed by atoms with Crippen LogP contribution in [0.5, 0.6) is 0 Å². The van der Waals surface area contributed by atoms with Gasteiger partial charge in [-0.3, -0.25) is 57.5 Å². The van der Waals surface area contributed by atoms with Gasteiger partial charge in [-0.2, -0.15) is 0 Å². The lowest BCUT2D eigenvalue weighted by Crippen LogP contribution is -2.89. The first-order chi connectivity index (χ1) is 43.6. The van der Waals surface area contributed by atoms with Crippen molar-refractivity contribution >= 4 is 78.3 Å². The van der Waals surface area contributed by atoms with E-state index in [0.29, 0.717) is 12.8 Å². The number of quaternary nitrogens is 1. The van der Waals surface area contributed by atoms with E-state index in [0.717, 1.165) is 9.80 Å². The number of carbonyl (C=O) groups is 12. The molecule has 6 N–H and O–H groups in total. The molecule has 0 heterocycles. The van der Waals surface area contributed by atoms with Gasteiger partial charge >= 0.3 is 19.2 Å². The van der Waals surface area contributed by atoms with Crippen molar-refractivity contribution in [3.8, 4) is 0 Å². The van der Waals surface area contributed by atoms with Crippen molar-refractivity contribution in [3.63, 3.8) is 0 Å². The van der Waals surface area contributed by atoms with Crippen molar-refractivity contribution in [2.24, 2.45) is 41.4 Å². The number of hydrogen-bond acceptors (Lipinski definition) is 14. The quantitative estimate of drug-likeness (QED) is 0.0252.